The third-order valence-corrected chi connectivity index (χ3v) is 2.01. The molecule has 0 heterocycles. The van der Waals surface area contributed by atoms with Crippen molar-refractivity contribution in [2.45, 2.75) is 13.8 Å². The van der Waals surface area contributed by atoms with Gasteiger partial charge in [-0.25, -0.2) is 0 Å². The summed E-state index contributed by atoms with van der Waals surface area (Å²) in [5, 5.41) is 12.2. The van der Waals surface area contributed by atoms with Crippen molar-refractivity contribution < 1.29 is 4.79 Å². The van der Waals surface area contributed by atoms with Gasteiger partial charge in [0.2, 0.25) is 5.71 Å². The topological polar surface area (TPSA) is 91.3 Å². The zero-order valence-corrected chi connectivity index (χ0v) is 9.11. The Hall–Kier alpha value is -2.35. The molecule has 0 unspecified atom stereocenters. The lowest BCUT2D eigenvalue weighted by atomic mass is 10.1. The van der Waals surface area contributed by atoms with E-state index in [-0.39, 0.29) is 5.71 Å². The van der Waals surface area contributed by atoms with Crippen LogP contribution in [0.4, 0.5) is 5.69 Å². The molecule has 0 aliphatic carbocycles. The lowest BCUT2D eigenvalue weighted by molar-refractivity contribution is -0.111. The lowest BCUT2D eigenvalue weighted by Crippen LogP contribution is -2.22. The van der Waals surface area contributed by atoms with Crippen molar-refractivity contribution in [3.63, 3.8) is 0 Å². The van der Waals surface area contributed by atoms with Gasteiger partial charge in [0.05, 0.1) is 5.69 Å². The molecule has 1 aromatic rings. The number of amides is 1. The number of primary amides is 1. The molecule has 1 rings (SSSR count). The van der Waals surface area contributed by atoms with E-state index >= 15 is 0 Å². The Labute approximate surface area is 93.6 Å². The molecule has 82 valence electrons. The second-order valence-electron chi connectivity index (χ2n) is 3.37. The zero-order chi connectivity index (χ0) is 12.1. The molecule has 0 spiro atoms. The highest BCUT2D eigenvalue weighted by molar-refractivity contribution is 6.44. The summed E-state index contributed by atoms with van der Waals surface area (Å²) in [4.78, 5) is 10.7. The average Bonchev–Trinajstić information content (AvgIpc) is 2.21. The normalized spacial score (nSPS) is 10.7. The zero-order valence-electron chi connectivity index (χ0n) is 9.11. The molecule has 1 amide bonds. The Morgan fingerprint density at radius 2 is 2.19 bits per heavy atom. The molecule has 0 aliphatic rings. The van der Waals surface area contributed by atoms with Gasteiger partial charge in [-0.15, -0.1) is 0 Å². The summed E-state index contributed by atoms with van der Waals surface area (Å²) in [7, 11) is 0. The first-order valence-corrected chi connectivity index (χ1v) is 4.65. The molecule has 0 atom stereocenters. The number of carbonyl (C=O) groups is 1. The number of nitrogens with one attached hydrogen (secondary N) is 1. The van der Waals surface area contributed by atoms with Crippen molar-refractivity contribution in [1.82, 2.24) is 0 Å². The number of hydrazone groups is 1. The molecule has 0 radical (unpaired) electrons. The van der Waals surface area contributed by atoms with Gasteiger partial charge in [-0.2, -0.15) is 10.4 Å². The molecule has 0 saturated carbocycles. The highest BCUT2D eigenvalue weighted by Gasteiger charge is 2.05. The van der Waals surface area contributed by atoms with E-state index < -0.39 is 5.91 Å². The van der Waals surface area contributed by atoms with Crippen LogP contribution in [0.25, 0.3) is 0 Å². The maximum atomic E-state index is 10.7. The Morgan fingerprint density at radius 1 is 1.50 bits per heavy atom. The first kappa shape index (κ1) is 11.7. The highest BCUT2D eigenvalue weighted by atomic mass is 16.1. The Bertz CT molecular complexity index is 485. The minimum Gasteiger partial charge on any atom is -0.364 e. The fourth-order valence-electron chi connectivity index (χ4n) is 1.19. The minimum atomic E-state index is -0.847. The average molecular weight is 216 g/mol. The van der Waals surface area contributed by atoms with E-state index in [1.807, 2.05) is 32.0 Å². The second kappa shape index (κ2) is 4.94. The van der Waals surface area contributed by atoms with Crippen LogP contribution in [0.1, 0.15) is 11.1 Å². The number of benzene rings is 1. The summed E-state index contributed by atoms with van der Waals surface area (Å²) in [6, 6.07) is 7.31. The largest absolute Gasteiger partial charge is 0.364 e. The van der Waals surface area contributed by atoms with Gasteiger partial charge in [0.15, 0.2) is 0 Å². The van der Waals surface area contributed by atoms with Gasteiger partial charge in [0.25, 0.3) is 5.91 Å². The fraction of sp³-hybridized carbons (Fsp3) is 0.182. The molecule has 0 aromatic heterocycles. The predicted molar refractivity (Wildman–Crippen MR) is 61.8 cm³/mol. The van der Waals surface area contributed by atoms with Crippen LogP contribution in [0.5, 0.6) is 0 Å². The van der Waals surface area contributed by atoms with E-state index in [4.69, 9.17) is 11.0 Å². The number of anilines is 1. The number of hydrogen-bond acceptors (Lipinski definition) is 4. The van der Waals surface area contributed by atoms with Crippen LogP contribution in [0, 0.1) is 25.2 Å². The lowest BCUT2D eigenvalue weighted by Gasteiger charge is -2.05. The number of rotatable bonds is 3. The maximum absolute atomic E-state index is 10.7. The molecule has 1 aromatic carbocycles. The first-order valence-electron chi connectivity index (χ1n) is 4.65. The van der Waals surface area contributed by atoms with Gasteiger partial charge in [0.1, 0.15) is 6.07 Å². The van der Waals surface area contributed by atoms with Crippen molar-refractivity contribution in [2.24, 2.45) is 10.8 Å². The smallest absolute Gasteiger partial charge is 0.280 e. The minimum absolute atomic E-state index is 0.347. The molecule has 5 nitrogen and oxygen atoms in total. The molecule has 0 bridgehead atoms. The van der Waals surface area contributed by atoms with Gasteiger partial charge in [-0.1, -0.05) is 17.7 Å². The van der Waals surface area contributed by atoms with Gasteiger partial charge in [-0.05, 0) is 25.5 Å². The van der Waals surface area contributed by atoms with Crippen LogP contribution in [0.15, 0.2) is 23.3 Å². The number of nitrogens with two attached hydrogens (primary N) is 1. The molecule has 5 heteroatoms. The van der Waals surface area contributed by atoms with E-state index in [1.54, 1.807) is 6.07 Å². The summed E-state index contributed by atoms with van der Waals surface area (Å²) >= 11 is 0. The van der Waals surface area contributed by atoms with Crippen LogP contribution >= 0.6 is 0 Å². The summed E-state index contributed by atoms with van der Waals surface area (Å²) < 4.78 is 0. The van der Waals surface area contributed by atoms with Crippen LogP contribution in [0.3, 0.4) is 0 Å². The molecule has 0 aliphatic heterocycles. The first-order chi connectivity index (χ1) is 7.54. The summed E-state index contributed by atoms with van der Waals surface area (Å²) in [6.45, 7) is 3.88. The molecule has 0 fully saturated rings. The van der Waals surface area contributed by atoms with Gasteiger partial charge in [-0.3, -0.25) is 10.2 Å². The SMILES string of the molecule is Cc1ccc(N/N=C(\C#N)C(N)=O)c(C)c1. The molecule has 3 N–H and O–H groups in total. The van der Waals surface area contributed by atoms with Gasteiger partial charge >= 0.3 is 0 Å². The van der Waals surface area contributed by atoms with Crippen molar-refractivity contribution >= 4 is 17.3 Å². The Balaban J connectivity index is 2.90. The third-order valence-electron chi connectivity index (χ3n) is 2.01. The van der Waals surface area contributed by atoms with Crippen molar-refractivity contribution in [1.29, 1.82) is 5.26 Å². The molecule has 0 saturated heterocycles. The molecular weight excluding hydrogens is 204 g/mol. The summed E-state index contributed by atoms with van der Waals surface area (Å²) in [5.41, 5.74) is 10.1. The van der Waals surface area contributed by atoms with E-state index in [0.717, 1.165) is 16.8 Å². The number of nitriles is 1. The van der Waals surface area contributed by atoms with Crippen molar-refractivity contribution in [3.8, 4) is 6.07 Å². The van der Waals surface area contributed by atoms with Crippen molar-refractivity contribution in [2.75, 3.05) is 5.43 Å². The molecular formula is C11H12N4O. The predicted octanol–water partition coefficient (Wildman–Crippen LogP) is 1.08. The van der Waals surface area contributed by atoms with E-state index in [9.17, 15) is 4.79 Å². The third kappa shape index (κ3) is 2.82. The van der Waals surface area contributed by atoms with Crippen LogP contribution in [-0.4, -0.2) is 11.6 Å². The van der Waals surface area contributed by atoms with E-state index in [2.05, 4.69) is 10.5 Å². The van der Waals surface area contributed by atoms with Gasteiger partial charge in [0, 0.05) is 0 Å². The second-order valence-corrected chi connectivity index (χ2v) is 3.37. The quantitative estimate of drug-likeness (QED) is 0.585. The maximum Gasteiger partial charge on any atom is 0.280 e. The van der Waals surface area contributed by atoms with Crippen LogP contribution < -0.4 is 11.2 Å². The number of hydrogen-bond donors (Lipinski definition) is 2. The monoisotopic (exact) mass is 216 g/mol. The van der Waals surface area contributed by atoms with Gasteiger partial charge < -0.3 is 5.73 Å². The summed E-state index contributed by atoms with van der Waals surface area (Å²) in [6.07, 6.45) is 0. The van der Waals surface area contributed by atoms with Crippen LogP contribution in [-0.2, 0) is 4.79 Å². The Kier molecular flexibility index (Phi) is 3.62. The standard InChI is InChI=1S/C11H12N4O/c1-7-3-4-9(8(2)5-7)14-15-10(6-12)11(13)16/h3-5,14H,1-2H3,(H2,13,16)/b15-10+. The summed E-state index contributed by atoms with van der Waals surface area (Å²) in [5.74, 6) is -0.847. The van der Waals surface area contributed by atoms with Crippen molar-refractivity contribution in [3.05, 3.63) is 29.3 Å². The fourth-order valence-corrected chi connectivity index (χ4v) is 1.19. The van der Waals surface area contributed by atoms with E-state index in [0.29, 0.717) is 0 Å². The number of carbonyl (C=O) groups excluding carboxylic acids is 1. The number of aryl methyl sites for hydroxylation is 2. The number of nitrogens with zero attached hydrogens (tertiary/aromatic N) is 2. The Morgan fingerprint density at radius 3 is 2.69 bits per heavy atom. The molecule has 16 heavy (non-hydrogen) atoms. The highest BCUT2D eigenvalue weighted by Crippen LogP contribution is 2.15. The van der Waals surface area contributed by atoms with Crippen LogP contribution in [0.2, 0.25) is 0 Å². The van der Waals surface area contributed by atoms with E-state index in [1.165, 1.54) is 0 Å².